The number of halogens is 1. The van der Waals surface area contributed by atoms with E-state index in [1.54, 1.807) is 36.5 Å². The van der Waals surface area contributed by atoms with Crippen molar-refractivity contribution in [2.45, 2.75) is 12.8 Å². The zero-order valence-corrected chi connectivity index (χ0v) is 13.1. The van der Waals surface area contributed by atoms with Crippen LogP contribution in [0.15, 0.2) is 36.7 Å². The van der Waals surface area contributed by atoms with Gasteiger partial charge in [0.25, 0.3) is 5.91 Å². The largest absolute Gasteiger partial charge is 0.384 e. The monoisotopic (exact) mass is 316 g/mol. The molecule has 0 spiro atoms. The number of methoxy groups -OCH3 is 1. The third-order valence-corrected chi connectivity index (χ3v) is 4.14. The first-order chi connectivity index (χ1) is 10.7. The van der Waals surface area contributed by atoms with Crippen LogP contribution in [0.5, 0.6) is 0 Å². The fraction of sp³-hybridized carbons (Fsp3) is 0.294. The van der Waals surface area contributed by atoms with Gasteiger partial charge in [-0.15, -0.1) is 0 Å². The van der Waals surface area contributed by atoms with Crippen LogP contribution < -0.4 is 4.90 Å². The van der Waals surface area contributed by atoms with Crippen molar-refractivity contribution in [3.8, 4) is 0 Å². The summed E-state index contributed by atoms with van der Waals surface area (Å²) in [4.78, 5) is 18.8. The second-order valence-electron chi connectivity index (χ2n) is 5.26. The number of nitrogens with zero attached hydrogens (tertiary/aromatic N) is 2. The molecule has 114 valence electrons. The van der Waals surface area contributed by atoms with Crippen LogP contribution in [0, 0.1) is 0 Å². The Labute approximate surface area is 134 Å². The van der Waals surface area contributed by atoms with Gasteiger partial charge >= 0.3 is 0 Å². The van der Waals surface area contributed by atoms with Crippen LogP contribution in [-0.2, 0) is 17.6 Å². The van der Waals surface area contributed by atoms with E-state index in [4.69, 9.17) is 16.3 Å². The molecule has 2 aromatic rings. The molecule has 1 aromatic heterocycles. The zero-order chi connectivity index (χ0) is 15.5. The number of aromatic nitrogens is 1. The van der Waals surface area contributed by atoms with Gasteiger partial charge in [0.05, 0.1) is 18.5 Å². The number of hydrogen-bond donors (Lipinski definition) is 0. The topological polar surface area (TPSA) is 42.4 Å². The number of benzene rings is 1. The minimum absolute atomic E-state index is 0.00424. The van der Waals surface area contributed by atoms with Gasteiger partial charge < -0.3 is 9.64 Å². The minimum Gasteiger partial charge on any atom is -0.384 e. The molecular formula is C17H17ClN2O2. The first kappa shape index (κ1) is 15.0. The number of carbonyl (C=O) groups is 1. The van der Waals surface area contributed by atoms with Gasteiger partial charge in [0.1, 0.15) is 0 Å². The van der Waals surface area contributed by atoms with Crippen molar-refractivity contribution < 1.29 is 9.53 Å². The molecule has 0 aliphatic carbocycles. The number of hydrogen-bond acceptors (Lipinski definition) is 3. The smallest absolute Gasteiger partial charge is 0.258 e. The van der Waals surface area contributed by atoms with Crippen molar-refractivity contribution in [3.63, 3.8) is 0 Å². The number of amides is 1. The van der Waals surface area contributed by atoms with E-state index in [1.807, 2.05) is 12.1 Å². The average molecular weight is 317 g/mol. The molecule has 0 radical (unpaired) electrons. The Morgan fingerprint density at radius 1 is 1.36 bits per heavy atom. The molecule has 1 amide bonds. The maximum atomic E-state index is 12.8. The van der Waals surface area contributed by atoms with Gasteiger partial charge in [-0.2, -0.15) is 0 Å². The molecule has 1 aliphatic rings. The van der Waals surface area contributed by atoms with E-state index in [1.165, 1.54) is 0 Å². The predicted octanol–water partition coefficient (Wildman–Crippen LogP) is 3.13. The zero-order valence-electron chi connectivity index (χ0n) is 12.4. The van der Waals surface area contributed by atoms with Crippen LogP contribution in [0.3, 0.4) is 0 Å². The first-order valence-corrected chi connectivity index (χ1v) is 7.60. The Kier molecular flexibility index (Phi) is 4.41. The molecule has 2 heterocycles. The van der Waals surface area contributed by atoms with Crippen LogP contribution in [-0.4, -0.2) is 31.2 Å². The lowest BCUT2D eigenvalue weighted by Gasteiger charge is -2.30. The molecule has 0 saturated heterocycles. The molecule has 0 unspecified atom stereocenters. The number of anilines is 1. The fourth-order valence-electron chi connectivity index (χ4n) is 2.77. The lowest BCUT2D eigenvalue weighted by atomic mass is 9.98. The molecule has 0 N–H and O–H groups in total. The highest BCUT2D eigenvalue weighted by molar-refractivity contribution is 6.30. The van der Waals surface area contributed by atoms with Crippen LogP contribution >= 0.6 is 11.6 Å². The number of rotatable bonds is 4. The molecule has 1 aliphatic heterocycles. The van der Waals surface area contributed by atoms with E-state index < -0.39 is 0 Å². The van der Waals surface area contributed by atoms with E-state index in [9.17, 15) is 4.79 Å². The van der Waals surface area contributed by atoms with Crippen molar-refractivity contribution in [2.24, 2.45) is 0 Å². The van der Waals surface area contributed by atoms with E-state index in [-0.39, 0.29) is 5.91 Å². The highest BCUT2D eigenvalue weighted by Crippen LogP contribution is 2.28. The predicted molar refractivity (Wildman–Crippen MR) is 86.6 cm³/mol. The summed E-state index contributed by atoms with van der Waals surface area (Å²) < 4.78 is 5.15. The summed E-state index contributed by atoms with van der Waals surface area (Å²) in [6.45, 7) is 1.25. The van der Waals surface area contributed by atoms with Crippen LogP contribution in [0.1, 0.15) is 21.5 Å². The van der Waals surface area contributed by atoms with Crippen LogP contribution in [0.4, 0.5) is 5.69 Å². The Balaban J connectivity index is 1.94. The SMILES string of the molecule is COCCc1ccncc1N1CCc2cc(Cl)ccc2C1=O. The van der Waals surface area contributed by atoms with Gasteiger partial charge in [-0.25, -0.2) is 0 Å². The lowest BCUT2D eigenvalue weighted by Crippen LogP contribution is -2.38. The van der Waals surface area contributed by atoms with Gasteiger partial charge in [0.15, 0.2) is 0 Å². The van der Waals surface area contributed by atoms with Crippen LogP contribution in [0.25, 0.3) is 0 Å². The molecule has 4 nitrogen and oxygen atoms in total. The molecule has 0 fully saturated rings. The average Bonchev–Trinajstić information content (AvgIpc) is 2.53. The van der Waals surface area contributed by atoms with Gasteiger partial charge in [-0.05, 0) is 48.2 Å². The second-order valence-corrected chi connectivity index (χ2v) is 5.69. The standard InChI is InChI=1S/C17H17ClN2O2/c1-22-9-6-12-4-7-19-11-16(12)20-8-5-13-10-14(18)2-3-15(13)17(20)21/h2-4,7,10-11H,5-6,8-9H2,1H3. The quantitative estimate of drug-likeness (QED) is 0.870. The van der Waals surface area contributed by atoms with E-state index >= 15 is 0 Å². The maximum absolute atomic E-state index is 12.8. The molecule has 1 aromatic carbocycles. The molecule has 0 atom stereocenters. The molecule has 0 bridgehead atoms. The summed E-state index contributed by atoms with van der Waals surface area (Å²) in [5.41, 5.74) is 3.67. The van der Waals surface area contributed by atoms with Crippen molar-refractivity contribution in [1.29, 1.82) is 0 Å². The lowest BCUT2D eigenvalue weighted by molar-refractivity contribution is 0.0980. The first-order valence-electron chi connectivity index (χ1n) is 7.23. The normalized spacial score (nSPS) is 14.1. The Bertz CT molecular complexity index is 703. The van der Waals surface area contributed by atoms with Crippen molar-refractivity contribution in [1.82, 2.24) is 4.98 Å². The van der Waals surface area contributed by atoms with Crippen LogP contribution in [0.2, 0.25) is 5.02 Å². The number of carbonyl (C=O) groups excluding carboxylic acids is 1. The van der Waals surface area contributed by atoms with E-state index in [0.717, 1.165) is 35.2 Å². The molecule has 3 rings (SSSR count). The van der Waals surface area contributed by atoms with Crippen molar-refractivity contribution >= 4 is 23.2 Å². The van der Waals surface area contributed by atoms with Crippen molar-refractivity contribution in [3.05, 3.63) is 58.4 Å². The summed E-state index contributed by atoms with van der Waals surface area (Å²) in [5.74, 6) is 0.00424. The van der Waals surface area contributed by atoms with Gasteiger partial charge in [0, 0.05) is 30.4 Å². The highest BCUT2D eigenvalue weighted by Gasteiger charge is 2.27. The number of fused-ring (bicyclic) bond motifs is 1. The highest BCUT2D eigenvalue weighted by atomic mass is 35.5. The van der Waals surface area contributed by atoms with Gasteiger partial charge in [-0.3, -0.25) is 9.78 Å². The Morgan fingerprint density at radius 2 is 2.23 bits per heavy atom. The number of ether oxygens (including phenoxy) is 1. The third kappa shape index (κ3) is 2.85. The Morgan fingerprint density at radius 3 is 3.05 bits per heavy atom. The van der Waals surface area contributed by atoms with E-state index in [2.05, 4.69) is 4.98 Å². The molecule has 5 heteroatoms. The minimum atomic E-state index is 0.00424. The number of pyridine rings is 1. The summed E-state index contributed by atoms with van der Waals surface area (Å²) >= 11 is 6.01. The molecule has 0 saturated carbocycles. The maximum Gasteiger partial charge on any atom is 0.258 e. The summed E-state index contributed by atoms with van der Waals surface area (Å²) in [7, 11) is 1.67. The van der Waals surface area contributed by atoms with Crippen molar-refractivity contribution in [2.75, 3.05) is 25.2 Å². The summed E-state index contributed by atoms with van der Waals surface area (Å²) in [5, 5.41) is 0.669. The summed E-state index contributed by atoms with van der Waals surface area (Å²) in [6.07, 6.45) is 5.05. The third-order valence-electron chi connectivity index (χ3n) is 3.90. The second kappa shape index (κ2) is 6.46. The molecule has 22 heavy (non-hydrogen) atoms. The summed E-state index contributed by atoms with van der Waals surface area (Å²) in [6, 6.07) is 7.38. The Hall–Kier alpha value is -1.91. The van der Waals surface area contributed by atoms with Gasteiger partial charge in [-0.1, -0.05) is 11.6 Å². The van der Waals surface area contributed by atoms with Gasteiger partial charge in [0.2, 0.25) is 0 Å². The van der Waals surface area contributed by atoms with E-state index in [0.29, 0.717) is 18.2 Å². The fourth-order valence-corrected chi connectivity index (χ4v) is 2.96. The molecular weight excluding hydrogens is 300 g/mol.